The van der Waals surface area contributed by atoms with Crippen LogP contribution in [0.1, 0.15) is 5.56 Å². The maximum atomic E-state index is 11.9. The fraction of sp³-hybridized carbons (Fsp3) is 0.133. The first-order valence-corrected chi connectivity index (χ1v) is 7.34. The molecule has 0 aromatic heterocycles. The van der Waals surface area contributed by atoms with Crippen LogP contribution in [0.2, 0.25) is 15.1 Å². The third-order valence-corrected chi connectivity index (χ3v) is 3.79. The Kier molecular flexibility index (Phi) is 5.34. The van der Waals surface area contributed by atoms with Crippen LogP contribution in [0.15, 0.2) is 36.4 Å². The molecule has 110 valence electrons. The van der Waals surface area contributed by atoms with E-state index < -0.39 is 0 Å². The van der Waals surface area contributed by atoms with Crippen molar-refractivity contribution in [3.05, 3.63) is 57.0 Å². The van der Waals surface area contributed by atoms with Crippen molar-refractivity contribution in [1.82, 2.24) is 0 Å². The van der Waals surface area contributed by atoms with E-state index in [4.69, 9.17) is 34.8 Å². The third-order valence-electron chi connectivity index (χ3n) is 2.75. The first-order chi connectivity index (χ1) is 9.95. The monoisotopic (exact) mass is 342 g/mol. The fourth-order valence-corrected chi connectivity index (χ4v) is 2.38. The molecular formula is C15H13Cl3N2O. The molecule has 21 heavy (non-hydrogen) atoms. The van der Waals surface area contributed by atoms with Crippen molar-refractivity contribution in [2.45, 2.75) is 6.92 Å². The average molecular weight is 344 g/mol. The van der Waals surface area contributed by atoms with Crippen molar-refractivity contribution in [2.75, 3.05) is 17.2 Å². The molecule has 0 saturated carbocycles. The minimum atomic E-state index is -0.178. The predicted molar refractivity (Wildman–Crippen MR) is 89.8 cm³/mol. The zero-order chi connectivity index (χ0) is 15.4. The van der Waals surface area contributed by atoms with Crippen LogP contribution in [-0.2, 0) is 4.79 Å². The number of benzene rings is 2. The van der Waals surface area contributed by atoms with Gasteiger partial charge in [-0.05, 0) is 36.8 Å². The highest BCUT2D eigenvalue weighted by atomic mass is 35.5. The lowest BCUT2D eigenvalue weighted by Crippen LogP contribution is -2.21. The Labute approximate surface area is 138 Å². The van der Waals surface area contributed by atoms with E-state index in [0.717, 1.165) is 11.3 Å². The van der Waals surface area contributed by atoms with Gasteiger partial charge in [0.1, 0.15) is 0 Å². The van der Waals surface area contributed by atoms with Crippen molar-refractivity contribution in [1.29, 1.82) is 0 Å². The molecule has 3 nitrogen and oxygen atoms in total. The molecule has 2 aromatic carbocycles. The molecule has 0 heterocycles. The van der Waals surface area contributed by atoms with Gasteiger partial charge >= 0.3 is 0 Å². The Morgan fingerprint density at radius 3 is 2.48 bits per heavy atom. The summed E-state index contributed by atoms with van der Waals surface area (Å²) in [6, 6.07) is 10.7. The van der Waals surface area contributed by atoms with Crippen LogP contribution >= 0.6 is 34.8 Å². The molecule has 2 aromatic rings. The molecule has 1 amide bonds. The van der Waals surface area contributed by atoms with Crippen LogP contribution in [0.3, 0.4) is 0 Å². The summed E-state index contributed by atoms with van der Waals surface area (Å²) in [4.78, 5) is 11.9. The van der Waals surface area contributed by atoms with Gasteiger partial charge in [0.15, 0.2) is 0 Å². The number of carbonyl (C=O) groups excluding carboxylic acids is 1. The maximum Gasteiger partial charge on any atom is 0.243 e. The van der Waals surface area contributed by atoms with Crippen LogP contribution in [0.5, 0.6) is 0 Å². The van der Waals surface area contributed by atoms with E-state index in [1.54, 1.807) is 6.07 Å². The van der Waals surface area contributed by atoms with Crippen molar-refractivity contribution < 1.29 is 4.79 Å². The molecule has 2 N–H and O–H groups in total. The first kappa shape index (κ1) is 16.0. The number of amides is 1. The maximum absolute atomic E-state index is 11.9. The van der Waals surface area contributed by atoms with Crippen LogP contribution in [-0.4, -0.2) is 12.5 Å². The number of carbonyl (C=O) groups is 1. The second-order valence-electron chi connectivity index (χ2n) is 4.52. The van der Waals surface area contributed by atoms with E-state index >= 15 is 0 Å². The summed E-state index contributed by atoms with van der Waals surface area (Å²) in [7, 11) is 0. The molecule has 0 atom stereocenters. The Bertz CT molecular complexity index is 674. The topological polar surface area (TPSA) is 41.1 Å². The van der Waals surface area contributed by atoms with Gasteiger partial charge in [0, 0.05) is 5.69 Å². The van der Waals surface area contributed by atoms with E-state index in [9.17, 15) is 4.79 Å². The molecule has 0 radical (unpaired) electrons. The van der Waals surface area contributed by atoms with Crippen LogP contribution in [0, 0.1) is 6.92 Å². The van der Waals surface area contributed by atoms with Gasteiger partial charge in [-0.15, -0.1) is 0 Å². The second kappa shape index (κ2) is 7.03. The Morgan fingerprint density at radius 2 is 1.76 bits per heavy atom. The molecule has 6 heteroatoms. The standard InChI is InChI=1S/C15H13Cl3N2O/c1-9-3-2-4-10(5-9)20-15(21)8-19-14-7-12(17)11(16)6-13(14)18/h2-7,19H,8H2,1H3,(H,20,21). The number of hydrogen-bond donors (Lipinski definition) is 2. The summed E-state index contributed by atoms with van der Waals surface area (Å²) in [5.74, 6) is -0.178. The number of aryl methyl sites for hydroxylation is 1. The molecule has 0 saturated heterocycles. The molecule has 2 rings (SSSR count). The number of halogens is 3. The molecule has 0 aliphatic carbocycles. The van der Waals surface area contributed by atoms with E-state index in [0.29, 0.717) is 20.8 Å². The summed E-state index contributed by atoms with van der Waals surface area (Å²) < 4.78 is 0. The molecule has 0 unspecified atom stereocenters. The van der Waals surface area contributed by atoms with E-state index in [-0.39, 0.29) is 12.5 Å². The van der Waals surface area contributed by atoms with Crippen molar-refractivity contribution in [3.63, 3.8) is 0 Å². The summed E-state index contributed by atoms with van der Waals surface area (Å²) in [6.07, 6.45) is 0. The van der Waals surface area contributed by atoms with Crippen molar-refractivity contribution in [2.24, 2.45) is 0 Å². The molecule has 0 aliphatic heterocycles. The molecule has 0 bridgehead atoms. The first-order valence-electron chi connectivity index (χ1n) is 6.20. The zero-order valence-corrected chi connectivity index (χ0v) is 13.5. The number of hydrogen-bond acceptors (Lipinski definition) is 2. The highest BCUT2D eigenvalue weighted by Crippen LogP contribution is 2.32. The van der Waals surface area contributed by atoms with Gasteiger partial charge < -0.3 is 10.6 Å². The lowest BCUT2D eigenvalue weighted by Gasteiger charge is -2.10. The highest BCUT2D eigenvalue weighted by molar-refractivity contribution is 6.44. The van der Waals surface area contributed by atoms with E-state index in [1.807, 2.05) is 31.2 Å². The van der Waals surface area contributed by atoms with E-state index in [1.165, 1.54) is 6.07 Å². The van der Waals surface area contributed by atoms with Crippen LogP contribution in [0.25, 0.3) is 0 Å². The van der Waals surface area contributed by atoms with Gasteiger partial charge in [-0.1, -0.05) is 46.9 Å². The fourth-order valence-electron chi connectivity index (χ4n) is 1.76. The molecular weight excluding hydrogens is 331 g/mol. The van der Waals surface area contributed by atoms with Gasteiger partial charge in [-0.2, -0.15) is 0 Å². The Balaban J connectivity index is 1.97. The smallest absolute Gasteiger partial charge is 0.243 e. The minimum Gasteiger partial charge on any atom is -0.375 e. The van der Waals surface area contributed by atoms with Crippen LogP contribution < -0.4 is 10.6 Å². The van der Waals surface area contributed by atoms with E-state index in [2.05, 4.69) is 10.6 Å². The second-order valence-corrected chi connectivity index (χ2v) is 5.74. The van der Waals surface area contributed by atoms with Gasteiger partial charge in [0.25, 0.3) is 0 Å². The number of rotatable bonds is 4. The minimum absolute atomic E-state index is 0.0750. The lowest BCUT2D eigenvalue weighted by molar-refractivity contribution is -0.114. The highest BCUT2D eigenvalue weighted by Gasteiger charge is 2.08. The summed E-state index contributed by atoms with van der Waals surface area (Å²) in [6.45, 7) is 2.04. The summed E-state index contributed by atoms with van der Waals surface area (Å²) in [5, 5.41) is 6.88. The third kappa shape index (κ3) is 4.53. The largest absolute Gasteiger partial charge is 0.375 e. The predicted octanol–water partition coefficient (Wildman–Crippen LogP) is 5.01. The number of anilines is 2. The van der Waals surface area contributed by atoms with Gasteiger partial charge in [0.05, 0.1) is 27.3 Å². The zero-order valence-electron chi connectivity index (χ0n) is 11.2. The average Bonchev–Trinajstić information content (AvgIpc) is 2.41. The number of nitrogens with one attached hydrogen (secondary N) is 2. The van der Waals surface area contributed by atoms with Crippen LogP contribution in [0.4, 0.5) is 11.4 Å². The molecule has 0 aliphatic rings. The van der Waals surface area contributed by atoms with Gasteiger partial charge in [-0.25, -0.2) is 0 Å². The normalized spacial score (nSPS) is 10.3. The SMILES string of the molecule is Cc1cccc(NC(=O)CNc2cc(Cl)c(Cl)cc2Cl)c1. The van der Waals surface area contributed by atoms with Crippen molar-refractivity contribution >= 4 is 52.1 Å². The van der Waals surface area contributed by atoms with Gasteiger partial charge in [-0.3, -0.25) is 4.79 Å². The molecule has 0 fully saturated rings. The summed E-state index contributed by atoms with van der Waals surface area (Å²) in [5.41, 5.74) is 2.39. The molecule has 0 spiro atoms. The Morgan fingerprint density at radius 1 is 1.05 bits per heavy atom. The lowest BCUT2D eigenvalue weighted by atomic mass is 10.2. The van der Waals surface area contributed by atoms with Gasteiger partial charge in [0.2, 0.25) is 5.91 Å². The summed E-state index contributed by atoms with van der Waals surface area (Å²) >= 11 is 17.8. The quantitative estimate of drug-likeness (QED) is 0.766. The Hall–Kier alpha value is -1.42. The van der Waals surface area contributed by atoms with Crippen molar-refractivity contribution in [3.8, 4) is 0 Å².